The number of hydrogen-bond acceptors (Lipinski definition) is 5. The van der Waals surface area contributed by atoms with Gasteiger partial charge in [0.1, 0.15) is 5.75 Å². The lowest BCUT2D eigenvalue weighted by molar-refractivity contribution is -0.118. The van der Waals surface area contributed by atoms with Crippen molar-refractivity contribution < 1.29 is 18.3 Å². The largest absolute Gasteiger partial charge is 0.391 e. The fourth-order valence-corrected chi connectivity index (χ4v) is 2.56. The second-order valence-corrected chi connectivity index (χ2v) is 5.98. The van der Waals surface area contributed by atoms with Crippen molar-refractivity contribution in [3.63, 3.8) is 0 Å². The van der Waals surface area contributed by atoms with Gasteiger partial charge in [-0.05, 0) is 13.0 Å². The Morgan fingerprint density at radius 1 is 1.35 bits per heavy atom. The molecule has 0 bridgehead atoms. The second kappa shape index (κ2) is 8.43. The lowest BCUT2D eigenvalue weighted by atomic mass is 10.4. The molecule has 0 saturated carbocycles. The van der Waals surface area contributed by atoms with Crippen LogP contribution in [-0.2, 0) is 14.6 Å². The minimum Gasteiger partial charge on any atom is -0.391 e. The molecule has 0 aromatic rings. The topological polar surface area (TPSA) is 95.5 Å². The van der Waals surface area contributed by atoms with E-state index in [4.69, 9.17) is 0 Å². The maximum Gasteiger partial charge on any atom is 0.235 e. The van der Waals surface area contributed by atoms with Crippen molar-refractivity contribution in [3.05, 3.63) is 0 Å². The number of amides is 1. The number of nitrogens with one attached hydrogen (secondary N) is 2. The Kier molecular flexibility index (Phi) is 8.11. The maximum absolute atomic E-state index is 11.5. The summed E-state index contributed by atoms with van der Waals surface area (Å²) in [5.74, 6) is -1.46. The molecule has 102 valence electrons. The highest BCUT2D eigenvalue weighted by Crippen LogP contribution is 1.95. The summed E-state index contributed by atoms with van der Waals surface area (Å²) >= 11 is 0. The van der Waals surface area contributed by atoms with Crippen LogP contribution in [0.3, 0.4) is 0 Å². The summed E-state index contributed by atoms with van der Waals surface area (Å²) in [4.78, 5) is 11.2. The fourth-order valence-electron chi connectivity index (χ4n) is 1.24. The molecule has 0 heterocycles. The molecule has 17 heavy (non-hydrogen) atoms. The van der Waals surface area contributed by atoms with Gasteiger partial charge < -0.3 is 15.7 Å². The lowest BCUT2D eigenvalue weighted by Crippen LogP contribution is -2.37. The second-order valence-electron chi connectivity index (χ2n) is 3.87. The van der Waals surface area contributed by atoms with Crippen molar-refractivity contribution in [1.82, 2.24) is 10.6 Å². The first-order valence-corrected chi connectivity index (χ1v) is 7.59. The van der Waals surface area contributed by atoms with Gasteiger partial charge in [-0.2, -0.15) is 0 Å². The smallest absolute Gasteiger partial charge is 0.235 e. The molecule has 1 amide bonds. The molecular formula is C10H22N2O4S. The number of rotatable bonds is 9. The van der Waals surface area contributed by atoms with E-state index in [1.54, 1.807) is 0 Å². The van der Waals surface area contributed by atoms with Crippen LogP contribution in [0.25, 0.3) is 0 Å². The summed E-state index contributed by atoms with van der Waals surface area (Å²) in [6.07, 6.45) is -0.214. The minimum atomic E-state index is -3.54. The van der Waals surface area contributed by atoms with Crippen molar-refractivity contribution >= 4 is 15.7 Å². The third-order valence-electron chi connectivity index (χ3n) is 2.00. The molecule has 0 rings (SSSR count). The van der Waals surface area contributed by atoms with Crippen LogP contribution < -0.4 is 10.6 Å². The number of hydrogen-bond donors (Lipinski definition) is 3. The predicted octanol–water partition coefficient (Wildman–Crippen LogP) is -1.10. The number of sulfone groups is 1. The molecule has 1 unspecified atom stereocenters. The number of carbonyl (C=O) groups excluding carboxylic acids is 1. The quantitative estimate of drug-likeness (QED) is 0.492. The van der Waals surface area contributed by atoms with E-state index in [2.05, 4.69) is 10.6 Å². The minimum absolute atomic E-state index is 0.215. The summed E-state index contributed by atoms with van der Waals surface area (Å²) < 4.78 is 23.1. The van der Waals surface area contributed by atoms with Crippen molar-refractivity contribution in [3.8, 4) is 0 Å². The number of aliphatic hydroxyl groups excluding tert-OH is 1. The Hall–Kier alpha value is -0.660. The van der Waals surface area contributed by atoms with Gasteiger partial charge in [0, 0.05) is 13.1 Å². The first-order chi connectivity index (χ1) is 7.91. The highest BCUT2D eigenvalue weighted by Gasteiger charge is 2.20. The molecule has 0 aliphatic carbocycles. The number of likely N-dealkylation sites (N-methyl/N-ethyl adjacent to an activating group) is 1. The van der Waals surface area contributed by atoms with Crippen LogP contribution in [0.4, 0.5) is 0 Å². The molecule has 0 aromatic carbocycles. The van der Waals surface area contributed by atoms with E-state index in [1.807, 2.05) is 13.8 Å². The summed E-state index contributed by atoms with van der Waals surface area (Å²) in [7, 11) is -3.54. The zero-order chi connectivity index (χ0) is 13.3. The molecule has 6 nitrogen and oxygen atoms in total. The van der Waals surface area contributed by atoms with E-state index < -0.39 is 27.6 Å². The molecule has 0 aliphatic rings. The van der Waals surface area contributed by atoms with Crippen LogP contribution in [0.15, 0.2) is 0 Å². The van der Waals surface area contributed by atoms with Gasteiger partial charge in [0.15, 0.2) is 9.84 Å². The fraction of sp³-hybridized carbons (Fsp3) is 0.900. The summed E-state index contributed by atoms with van der Waals surface area (Å²) in [5.41, 5.74) is 0. The Bertz CT molecular complexity index is 316. The zero-order valence-corrected chi connectivity index (χ0v) is 11.2. The third-order valence-corrected chi connectivity index (χ3v) is 3.59. The Morgan fingerprint density at radius 3 is 2.53 bits per heavy atom. The normalized spacial score (nSPS) is 13.4. The van der Waals surface area contributed by atoms with E-state index in [9.17, 15) is 18.3 Å². The standard InChI is InChI=1S/C10H22N2O4S/c1-3-5-12-10(14)8-17(15,16)7-9(13)6-11-4-2/h9,11,13H,3-8H2,1-2H3,(H,12,14). The SMILES string of the molecule is CCCNC(=O)CS(=O)(=O)CC(O)CNCC. The first kappa shape index (κ1) is 16.3. The van der Waals surface area contributed by atoms with Crippen molar-refractivity contribution in [2.24, 2.45) is 0 Å². The van der Waals surface area contributed by atoms with Crippen LogP contribution in [-0.4, -0.2) is 56.7 Å². The van der Waals surface area contributed by atoms with Crippen molar-refractivity contribution in [2.45, 2.75) is 26.4 Å². The van der Waals surface area contributed by atoms with Crippen molar-refractivity contribution in [2.75, 3.05) is 31.1 Å². The third kappa shape index (κ3) is 9.08. The van der Waals surface area contributed by atoms with Gasteiger partial charge >= 0.3 is 0 Å². The van der Waals surface area contributed by atoms with Gasteiger partial charge in [0.2, 0.25) is 5.91 Å². The Labute approximate surface area is 103 Å². The average molecular weight is 266 g/mol. The maximum atomic E-state index is 11.5. The molecule has 0 aliphatic heterocycles. The number of aliphatic hydroxyl groups is 1. The molecule has 1 atom stereocenters. The molecule has 0 radical (unpaired) electrons. The number of carbonyl (C=O) groups is 1. The van der Waals surface area contributed by atoms with Gasteiger partial charge in [0.25, 0.3) is 0 Å². The molecule has 3 N–H and O–H groups in total. The summed E-state index contributed by atoms with van der Waals surface area (Å²) in [6, 6.07) is 0. The van der Waals surface area contributed by atoms with Gasteiger partial charge in [-0.1, -0.05) is 13.8 Å². The highest BCUT2D eigenvalue weighted by molar-refractivity contribution is 7.92. The Balaban J connectivity index is 4.06. The van der Waals surface area contributed by atoms with E-state index in [-0.39, 0.29) is 12.3 Å². The van der Waals surface area contributed by atoms with E-state index >= 15 is 0 Å². The molecule has 0 aromatic heterocycles. The van der Waals surface area contributed by atoms with Gasteiger partial charge in [-0.15, -0.1) is 0 Å². The van der Waals surface area contributed by atoms with Crippen LogP contribution in [0.5, 0.6) is 0 Å². The predicted molar refractivity (Wildman–Crippen MR) is 66.5 cm³/mol. The summed E-state index contributed by atoms with van der Waals surface area (Å²) in [5, 5.41) is 14.8. The van der Waals surface area contributed by atoms with Crippen LogP contribution >= 0.6 is 0 Å². The van der Waals surface area contributed by atoms with Crippen LogP contribution in [0, 0.1) is 0 Å². The average Bonchev–Trinajstić information content (AvgIpc) is 2.22. The van der Waals surface area contributed by atoms with Crippen LogP contribution in [0.1, 0.15) is 20.3 Å². The van der Waals surface area contributed by atoms with Gasteiger partial charge in [-0.3, -0.25) is 4.79 Å². The molecule has 0 spiro atoms. The van der Waals surface area contributed by atoms with Gasteiger partial charge in [0.05, 0.1) is 11.9 Å². The zero-order valence-electron chi connectivity index (χ0n) is 10.4. The molecule has 0 saturated heterocycles. The van der Waals surface area contributed by atoms with Crippen LogP contribution in [0.2, 0.25) is 0 Å². The van der Waals surface area contributed by atoms with E-state index in [0.29, 0.717) is 13.1 Å². The molecular weight excluding hydrogens is 244 g/mol. The summed E-state index contributed by atoms with van der Waals surface area (Å²) in [6.45, 7) is 5.09. The van der Waals surface area contributed by atoms with E-state index in [0.717, 1.165) is 6.42 Å². The van der Waals surface area contributed by atoms with Crippen molar-refractivity contribution in [1.29, 1.82) is 0 Å². The van der Waals surface area contributed by atoms with Gasteiger partial charge in [-0.25, -0.2) is 8.42 Å². The monoisotopic (exact) mass is 266 g/mol. The molecule has 7 heteroatoms. The molecule has 0 fully saturated rings. The lowest BCUT2D eigenvalue weighted by Gasteiger charge is -2.11. The Morgan fingerprint density at radius 2 is 2.00 bits per heavy atom. The highest BCUT2D eigenvalue weighted by atomic mass is 32.2. The first-order valence-electron chi connectivity index (χ1n) is 5.77. The van der Waals surface area contributed by atoms with E-state index in [1.165, 1.54) is 0 Å².